The monoisotopic (exact) mass is 360 g/mol. The zero-order valence-corrected chi connectivity index (χ0v) is 15.2. The van der Waals surface area contributed by atoms with Gasteiger partial charge in [0, 0.05) is 44.0 Å². The number of carbonyl (C=O) groups is 1. The summed E-state index contributed by atoms with van der Waals surface area (Å²) < 4.78 is 20.5. The summed E-state index contributed by atoms with van der Waals surface area (Å²) in [5, 5.41) is 10.2. The van der Waals surface area contributed by atoms with Crippen LogP contribution in [0.1, 0.15) is 30.0 Å². The molecule has 26 heavy (non-hydrogen) atoms. The second kappa shape index (κ2) is 7.97. The van der Waals surface area contributed by atoms with Crippen molar-refractivity contribution in [1.29, 1.82) is 0 Å². The molecule has 1 aliphatic heterocycles. The third-order valence-corrected chi connectivity index (χ3v) is 5.12. The fraction of sp³-hybridized carbons (Fsp3) is 0.474. The summed E-state index contributed by atoms with van der Waals surface area (Å²) in [4.78, 5) is 12.8. The first kappa shape index (κ1) is 18.5. The molecule has 0 aliphatic carbocycles. The Morgan fingerprint density at radius 3 is 2.62 bits per heavy atom. The zero-order chi connectivity index (χ0) is 18.6. The number of halogens is 1. The van der Waals surface area contributed by atoms with Crippen molar-refractivity contribution in [2.45, 2.75) is 24.3 Å². The van der Waals surface area contributed by atoms with Gasteiger partial charge in [0.25, 0.3) is 0 Å². The van der Waals surface area contributed by atoms with E-state index in [0.717, 1.165) is 24.0 Å². The SMILES string of the molecule is CNC(C(=O)NCC1(c2ccc(F)cc2)CCOCC1)c1cnn(C)c1. The summed E-state index contributed by atoms with van der Waals surface area (Å²) in [5.74, 6) is -0.361. The minimum absolute atomic E-state index is 0.103. The third-order valence-electron chi connectivity index (χ3n) is 5.12. The molecule has 0 spiro atoms. The fourth-order valence-electron chi connectivity index (χ4n) is 3.53. The van der Waals surface area contributed by atoms with E-state index in [0.29, 0.717) is 19.8 Å². The lowest BCUT2D eigenvalue weighted by Gasteiger charge is -2.38. The molecule has 0 radical (unpaired) electrons. The molecule has 1 unspecified atom stereocenters. The number of aryl methyl sites for hydroxylation is 1. The van der Waals surface area contributed by atoms with Gasteiger partial charge in [0.1, 0.15) is 11.9 Å². The van der Waals surface area contributed by atoms with Crippen LogP contribution in [0.5, 0.6) is 0 Å². The molecular formula is C19H25FN4O2. The molecule has 3 rings (SSSR count). The molecule has 1 aromatic carbocycles. The first-order valence-corrected chi connectivity index (χ1v) is 8.81. The van der Waals surface area contributed by atoms with Crippen molar-refractivity contribution < 1.29 is 13.9 Å². The number of likely N-dealkylation sites (N-methyl/N-ethyl adjacent to an activating group) is 1. The number of amides is 1. The Morgan fingerprint density at radius 2 is 2.04 bits per heavy atom. The van der Waals surface area contributed by atoms with Gasteiger partial charge in [0.15, 0.2) is 0 Å². The lowest BCUT2D eigenvalue weighted by Crippen LogP contribution is -2.47. The van der Waals surface area contributed by atoms with E-state index in [-0.39, 0.29) is 17.1 Å². The number of hydrogen-bond acceptors (Lipinski definition) is 4. The van der Waals surface area contributed by atoms with Crippen molar-refractivity contribution in [1.82, 2.24) is 20.4 Å². The Hall–Kier alpha value is -2.25. The van der Waals surface area contributed by atoms with E-state index in [1.807, 2.05) is 25.4 Å². The van der Waals surface area contributed by atoms with Crippen molar-refractivity contribution in [2.75, 3.05) is 26.8 Å². The van der Waals surface area contributed by atoms with Crippen molar-refractivity contribution in [3.8, 4) is 0 Å². The fourth-order valence-corrected chi connectivity index (χ4v) is 3.53. The van der Waals surface area contributed by atoms with Crippen molar-refractivity contribution in [3.63, 3.8) is 0 Å². The molecular weight excluding hydrogens is 335 g/mol. The lowest BCUT2D eigenvalue weighted by molar-refractivity contribution is -0.123. The quantitative estimate of drug-likeness (QED) is 0.823. The number of rotatable bonds is 6. The van der Waals surface area contributed by atoms with Crippen LogP contribution < -0.4 is 10.6 Å². The molecule has 0 bridgehead atoms. The first-order chi connectivity index (χ1) is 12.5. The number of hydrogen-bond donors (Lipinski definition) is 2. The summed E-state index contributed by atoms with van der Waals surface area (Å²) in [6.45, 7) is 1.75. The Balaban J connectivity index is 1.75. The summed E-state index contributed by atoms with van der Waals surface area (Å²) >= 11 is 0. The van der Waals surface area contributed by atoms with E-state index in [2.05, 4.69) is 15.7 Å². The van der Waals surface area contributed by atoms with E-state index in [4.69, 9.17) is 4.74 Å². The molecule has 1 aliphatic rings. The van der Waals surface area contributed by atoms with E-state index in [9.17, 15) is 9.18 Å². The Labute approximate surface area is 152 Å². The topological polar surface area (TPSA) is 68.2 Å². The highest BCUT2D eigenvalue weighted by molar-refractivity contribution is 5.83. The highest BCUT2D eigenvalue weighted by Crippen LogP contribution is 2.34. The average molecular weight is 360 g/mol. The van der Waals surface area contributed by atoms with Gasteiger partial charge in [-0.2, -0.15) is 5.10 Å². The van der Waals surface area contributed by atoms with E-state index >= 15 is 0 Å². The predicted octanol–water partition coefficient (Wildman–Crippen LogP) is 1.68. The zero-order valence-electron chi connectivity index (χ0n) is 15.2. The van der Waals surface area contributed by atoms with Gasteiger partial charge >= 0.3 is 0 Å². The van der Waals surface area contributed by atoms with Crippen molar-refractivity contribution >= 4 is 5.91 Å². The van der Waals surface area contributed by atoms with Gasteiger partial charge in [-0.05, 0) is 37.6 Å². The largest absolute Gasteiger partial charge is 0.381 e. The molecule has 2 aromatic rings. The van der Waals surface area contributed by atoms with Gasteiger partial charge in [-0.25, -0.2) is 4.39 Å². The number of aromatic nitrogens is 2. The molecule has 140 valence electrons. The summed E-state index contributed by atoms with van der Waals surface area (Å²) in [6.07, 6.45) is 5.09. The van der Waals surface area contributed by atoms with Gasteiger partial charge in [-0.1, -0.05) is 12.1 Å². The Morgan fingerprint density at radius 1 is 1.35 bits per heavy atom. The minimum Gasteiger partial charge on any atom is -0.381 e. The van der Waals surface area contributed by atoms with Gasteiger partial charge in [0.05, 0.1) is 6.20 Å². The van der Waals surface area contributed by atoms with Crippen LogP contribution in [-0.2, 0) is 22.0 Å². The first-order valence-electron chi connectivity index (χ1n) is 8.81. The molecule has 1 saturated heterocycles. The number of nitrogens with one attached hydrogen (secondary N) is 2. The van der Waals surface area contributed by atoms with Gasteiger partial charge in [-0.3, -0.25) is 9.48 Å². The van der Waals surface area contributed by atoms with E-state index < -0.39 is 6.04 Å². The van der Waals surface area contributed by atoms with Gasteiger partial charge in [-0.15, -0.1) is 0 Å². The molecule has 0 saturated carbocycles. The molecule has 2 heterocycles. The minimum atomic E-state index is -0.464. The van der Waals surface area contributed by atoms with E-state index in [1.54, 1.807) is 17.9 Å². The highest BCUT2D eigenvalue weighted by Gasteiger charge is 2.35. The second-order valence-electron chi connectivity index (χ2n) is 6.79. The van der Waals surface area contributed by atoms with Gasteiger partial charge < -0.3 is 15.4 Å². The third kappa shape index (κ3) is 3.94. The number of benzene rings is 1. The van der Waals surface area contributed by atoms with Crippen molar-refractivity contribution in [3.05, 3.63) is 53.6 Å². The van der Waals surface area contributed by atoms with Gasteiger partial charge in [0.2, 0.25) is 5.91 Å². The van der Waals surface area contributed by atoms with Crippen molar-refractivity contribution in [2.24, 2.45) is 7.05 Å². The van der Waals surface area contributed by atoms with Crippen LogP contribution in [0, 0.1) is 5.82 Å². The molecule has 7 heteroatoms. The molecule has 2 N–H and O–H groups in total. The Kier molecular flexibility index (Phi) is 5.68. The second-order valence-corrected chi connectivity index (χ2v) is 6.79. The maximum absolute atomic E-state index is 13.3. The van der Waals surface area contributed by atoms with Crippen LogP contribution in [0.4, 0.5) is 4.39 Å². The summed E-state index contributed by atoms with van der Waals surface area (Å²) in [6, 6.07) is 6.10. The number of carbonyl (C=O) groups excluding carboxylic acids is 1. The number of ether oxygens (including phenoxy) is 1. The standard InChI is InChI=1S/C19H25FN4O2/c1-21-17(14-11-23-24(2)12-14)18(25)22-13-19(7-9-26-10-8-19)15-3-5-16(20)6-4-15/h3-6,11-12,17,21H,7-10,13H2,1-2H3,(H,22,25). The van der Waals surface area contributed by atoms with Crippen LogP contribution >= 0.6 is 0 Å². The molecule has 1 fully saturated rings. The van der Waals surface area contributed by atoms with Crippen LogP contribution in [0.2, 0.25) is 0 Å². The average Bonchev–Trinajstić information content (AvgIpc) is 3.08. The van der Waals surface area contributed by atoms with Crippen LogP contribution in [0.3, 0.4) is 0 Å². The molecule has 6 nitrogen and oxygen atoms in total. The smallest absolute Gasteiger partial charge is 0.241 e. The molecule has 1 atom stereocenters. The van der Waals surface area contributed by atoms with E-state index in [1.165, 1.54) is 12.1 Å². The number of nitrogens with zero attached hydrogens (tertiary/aromatic N) is 2. The highest BCUT2D eigenvalue weighted by atomic mass is 19.1. The summed E-state index contributed by atoms with van der Waals surface area (Å²) in [7, 11) is 3.57. The normalized spacial score (nSPS) is 17.7. The Bertz CT molecular complexity index is 738. The molecule has 1 aromatic heterocycles. The van der Waals surface area contributed by atoms with Crippen LogP contribution in [0.15, 0.2) is 36.7 Å². The maximum atomic E-state index is 13.3. The van der Waals surface area contributed by atoms with Crippen LogP contribution in [0.25, 0.3) is 0 Å². The van der Waals surface area contributed by atoms with Crippen LogP contribution in [-0.4, -0.2) is 42.5 Å². The predicted molar refractivity (Wildman–Crippen MR) is 96.1 cm³/mol. The molecule has 1 amide bonds. The lowest BCUT2D eigenvalue weighted by atomic mass is 9.74. The maximum Gasteiger partial charge on any atom is 0.241 e. The summed E-state index contributed by atoms with van der Waals surface area (Å²) in [5.41, 5.74) is 1.61.